The second-order valence-corrected chi connectivity index (χ2v) is 3.59. The van der Waals surface area contributed by atoms with Crippen molar-refractivity contribution in [2.45, 2.75) is 52.4 Å². The minimum atomic E-state index is 0.859. The van der Waals surface area contributed by atoms with E-state index in [9.17, 15) is 0 Å². The third kappa shape index (κ3) is 9.67. The highest BCUT2D eigenvalue weighted by molar-refractivity contribution is 5.52. The van der Waals surface area contributed by atoms with E-state index in [-0.39, 0.29) is 0 Å². The highest BCUT2D eigenvalue weighted by Gasteiger charge is 1.93. The van der Waals surface area contributed by atoms with Crippen LogP contribution in [-0.2, 0) is 0 Å². The van der Waals surface area contributed by atoms with Crippen LogP contribution in [0, 0.1) is 11.3 Å². The molecule has 0 saturated carbocycles. The van der Waals surface area contributed by atoms with Gasteiger partial charge >= 0.3 is 0 Å². The summed E-state index contributed by atoms with van der Waals surface area (Å²) in [5, 5.41) is 6.83. The van der Waals surface area contributed by atoms with Crippen molar-refractivity contribution in [3.63, 3.8) is 0 Å². The Balaban J connectivity index is 2.85. The molecule has 0 aromatic heterocycles. The van der Waals surface area contributed by atoms with Crippen LogP contribution >= 0.6 is 0 Å². The lowest BCUT2D eigenvalue weighted by Gasteiger charge is -2.02. The molecule has 0 amide bonds. The first-order chi connectivity index (χ1) is 5.27. The van der Waals surface area contributed by atoms with Crippen molar-refractivity contribution in [3.8, 4) is 0 Å². The topological polar surface area (TPSA) is 23.9 Å². The average molecular weight is 155 g/mol. The maximum atomic E-state index is 6.83. The standard InChI is InChI=1S/C10H21N/c1-10(2)8-6-4-3-5-7-9-11/h9-11H,3-8H2,1-2H3. The molecule has 66 valence electrons. The molecule has 11 heavy (non-hydrogen) atoms. The summed E-state index contributed by atoms with van der Waals surface area (Å²) in [6, 6.07) is 0. The Morgan fingerprint density at radius 2 is 1.73 bits per heavy atom. The normalized spacial score (nSPS) is 10.5. The van der Waals surface area contributed by atoms with Gasteiger partial charge in [-0.05, 0) is 25.0 Å². The molecule has 0 bridgehead atoms. The second kappa shape index (κ2) is 7.77. The molecule has 0 spiro atoms. The fourth-order valence-electron chi connectivity index (χ4n) is 1.15. The maximum Gasteiger partial charge on any atom is -0.00477 e. The van der Waals surface area contributed by atoms with Crippen LogP contribution in [-0.4, -0.2) is 6.21 Å². The Bertz CT molecular complexity index is 86.9. The fraction of sp³-hybridized carbons (Fsp3) is 0.900. The molecule has 0 aromatic carbocycles. The van der Waals surface area contributed by atoms with E-state index >= 15 is 0 Å². The molecular weight excluding hydrogens is 134 g/mol. The molecule has 0 heterocycles. The van der Waals surface area contributed by atoms with E-state index in [2.05, 4.69) is 13.8 Å². The summed E-state index contributed by atoms with van der Waals surface area (Å²) in [5.74, 6) is 0.859. The van der Waals surface area contributed by atoms with Gasteiger partial charge in [-0.25, -0.2) is 0 Å². The predicted octanol–water partition coefficient (Wildman–Crippen LogP) is 3.63. The van der Waals surface area contributed by atoms with Crippen molar-refractivity contribution in [1.82, 2.24) is 0 Å². The summed E-state index contributed by atoms with van der Waals surface area (Å²) in [4.78, 5) is 0. The zero-order valence-corrected chi connectivity index (χ0v) is 7.90. The summed E-state index contributed by atoms with van der Waals surface area (Å²) in [7, 11) is 0. The number of nitrogens with one attached hydrogen (secondary N) is 1. The number of hydrogen-bond acceptors (Lipinski definition) is 1. The maximum absolute atomic E-state index is 6.83. The monoisotopic (exact) mass is 155 g/mol. The van der Waals surface area contributed by atoms with E-state index in [4.69, 9.17) is 5.41 Å². The Hall–Kier alpha value is -0.330. The highest BCUT2D eigenvalue weighted by Crippen LogP contribution is 2.09. The van der Waals surface area contributed by atoms with E-state index in [1.54, 1.807) is 0 Å². The third-order valence-corrected chi connectivity index (χ3v) is 1.88. The van der Waals surface area contributed by atoms with Crippen LogP contribution in [0.4, 0.5) is 0 Å². The van der Waals surface area contributed by atoms with Crippen LogP contribution in [0.25, 0.3) is 0 Å². The van der Waals surface area contributed by atoms with Crippen molar-refractivity contribution >= 4 is 6.21 Å². The van der Waals surface area contributed by atoms with Crippen molar-refractivity contribution in [1.29, 1.82) is 5.41 Å². The van der Waals surface area contributed by atoms with Gasteiger partial charge in [0.1, 0.15) is 0 Å². The molecule has 0 atom stereocenters. The smallest absolute Gasteiger partial charge is 0.00477 e. The zero-order valence-electron chi connectivity index (χ0n) is 7.90. The minimum Gasteiger partial charge on any atom is -0.313 e. The molecule has 0 saturated heterocycles. The Labute approximate surface area is 70.7 Å². The van der Waals surface area contributed by atoms with Gasteiger partial charge in [0.2, 0.25) is 0 Å². The quantitative estimate of drug-likeness (QED) is 0.429. The SMILES string of the molecule is CC(C)CCCCCCC=N. The van der Waals surface area contributed by atoms with Gasteiger partial charge in [-0.15, -0.1) is 0 Å². The van der Waals surface area contributed by atoms with Crippen LogP contribution in [0.1, 0.15) is 52.4 Å². The number of hydrogen-bond donors (Lipinski definition) is 1. The van der Waals surface area contributed by atoms with Crippen LogP contribution in [0.2, 0.25) is 0 Å². The lowest BCUT2D eigenvalue weighted by Crippen LogP contribution is -1.87. The molecule has 0 radical (unpaired) electrons. The summed E-state index contributed by atoms with van der Waals surface area (Å²) in [5.41, 5.74) is 0. The van der Waals surface area contributed by atoms with Crippen LogP contribution < -0.4 is 0 Å². The van der Waals surface area contributed by atoms with E-state index in [1.807, 2.05) is 0 Å². The molecule has 0 unspecified atom stereocenters. The summed E-state index contributed by atoms with van der Waals surface area (Å²) >= 11 is 0. The molecule has 0 aromatic rings. The minimum absolute atomic E-state index is 0.859. The second-order valence-electron chi connectivity index (χ2n) is 3.59. The van der Waals surface area contributed by atoms with Gasteiger partial charge in [-0.2, -0.15) is 0 Å². The molecular formula is C10H21N. The highest BCUT2D eigenvalue weighted by atomic mass is 14.3. The van der Waals surface area contributed by atoms with Gasteiger partial charge in [-0.1, -0.05) is 39.5 Å². The summed E-state index contributed by atoms with van der Waals surface area (Å²) in [6.07, 6.45) is 9.10. The van der Waals surface area contributed by atoms with Gasteiger partial charge in [0.15, 0.2) is 0 Å². The van der Waals surface area contributed by atoms with E-state index in [1.165, 1.54) is 38.3 Å². The number of unbranched alkanes of at least 4 members (excludes halogenated alkanes) is 4. The molecule has 1 N–H and O–H groups in total. The molecule has 1 heteroatoms. The van der Waals surface area contributed by atoms with Crippen LogP contribution in [0.5, 0.6) is 0 Å². The first kappa shape index (κ1) is 10.7. The van der Waals surface area contributed by atoms with Crippen molar-refractivity contribution in [2.24, 2.45) is 5.92 Å². The van der Waals surface area contributed by atoms with Gasteiger partial charge in [0.25, 0.3) is 0 Å². The van der Waals surface area contributed by atoms with E-state index < -0.39 is 0 Å². The van der Waals surface area contributed by atoms with Crippen LogP contribution in [0.3, 0.4) is 0 Å². The lowest BCUT2D eigenvalue weighted by molar-refractivity contribution is 0.522. The third-order valence-electron chi connectivity index (χ3n) is 1.88. The predicted molar refractivity (Wildman–Crippen MR) is 51.3 cm³/mol. The first-order valence-corrected chi connectivity index (χ1v) is 4.76. The van der Waals surface area contributed by atoms with Gasteiger partial charge in [0, 0.05) is 0 Å². The zero-order chi connectivity index (χ0) is 8.53. The molecule has 0 aliphatic rings. The van der Waals surface area contributed by atoms with Crippen molar-refractivity contribution in [2.75, 3.05) is 0 Å². The largest absolute Gasteiger partial charge is 0.313 e. The van der Waals surface area contributed by atoms with E-state index in [0.717, 1.165) is 12.3 Å². The summed E-state index contributed by atoms with van der Waals surface area (Å²) < 4.78 is 0. The lowest BCUT2D eigenvalue weighted by atomic mass is 10.0. The molecule has 0 aliphatic heterocycles. The number of rotatable bonds is 7. The Morgan fingerprint density at radius 3 is 2.27 bits per heavy atom. The Kier molecular flexibility index (Phi) is 7.54. The van der Waals surface area contributed by atoms with Gasteiger partial charge in [0.05, 0.1) is 0 Å². The van der Waals surface area contributed by atoms with Crippen molar-refractivity contribution < 1.29 is 0 Å². The fourth-order valence-corrected chi connectivity index (χ4v) is 1.15. The van der Waals surface area contributed by atoms with E-state index in [0.29, 0.717) is 0 Å². The molecule has 0 fully saturated rings. The Morgan fingerprint density at radius 1 is 1.09 bits per heavy atom. The summed E-state index contributed by atoms with van der Waals surface area (Å²) in [6.45, 7) is 4.55. The molecule has 1 nitrogen and oxygen atoms in total. The van der Waals surface area contributed by atoms with Gasteiger partial charge in [-0.3, -0.25) is 0 Å². The van der Waals surface area contributed by atoms with Gasteiger partial charge < -0.3 is 5.41 Å². The van der Waals surface area contributed by atoms with Crippen molar-refractivity contribution in [3.05, 3.63) is 0 Å². The average Bonchev–Trinajstić information content (AvgIpc) is 1.96. The van der Waals surface area contributed by atoms with Crippen LogP contribution in [0.15, 0.2) is 0 Å². The molecule has 0 aliphatic carbocycles. The first-order valence-electron chi connectivity index (χ1n) is 4.76. The molecule has 0 rings (SSSR count).